The maximum Gasteiger partial charge on any atom is 0.329 e. The molecule has 16 heteroatoms. The van der Waals surface area contributed by atoms with Crippen LogP contribution in [0.5, 0.6) is 0 Å². The second-order valence-electron chi connectivity index (χ2n) is 15.6. The monoisotopic (exact) mass is 750 g/mol. The Morgan fingerprint density at radius 2 is 1.87 bits per heavy atom. The van der Waals surface area contributed by atoms with Crippen molar-refractivity contribution in [3.63, 3.8) is 0 Å². The lowest BCUT2D eigenvalue weighted by Crippen LogP contribution is -2.70. The molecule has 5 rings (SSSR count). The highest BCUT2D eigenvalue weighted by molar-refractivity contribution is 6.01. The highest BCUT2D eigenvalue weighted by atomic mass is 19.1. The van der Waals surface area contributed by atoms with Gasteiger partial charge in [-0.25, -0.2) is 9.18 Å². The zero-order chi connectivity index (χ0) is 39.0. The summed E-state index contributed by atoms with van der Waals surface area (Å²) in [5.41, 5.74) is -5.60. The number of alkyl halides is 1. The van der Waals surface area contributed by atoms with E-state index in [2.05, 4.69) is 16.7 Å². The summed E-state index contributed by atoms with van der Waals surface area (Å²) in [5, 5.41) is 31.0. The number of unbranched alkanes of at least 4 members (excludes halogenated alkanes) is 2. The number of nitrogens with one attached hydrogen (secondary N) is 1. The molecule has 0 bridgehead atoms. The lowest BCUT2D eigenvalue weighted by Gasteiger charge is -2.62. The number of carbonyl (C=O) groups is 5. The quantitative estimate of drug-likeness (QED) is 0.0774. The van der Waals surface area contributed by atoms with Gasteiger partial charge in [0.25, 0.3) is 0 Å². The van der Waals surface area contributed by atoms with Gasteiger partial charge in [-0.1, -0.05) is 37.6 Å². The fraction of sp³-hybridized carbons (Fsp3) is 0.703. The van der Waals surface area contributed by atoms with E-state index < -0.39 is 100 Å². The Morgan fingerprint density at radius 1 is 1.13 bits per heavy atom. The standard InChI is InChI=1S/C37H51FN2O13/c1-6-15-49-32(46)26(39-30(44)10-8-7-9-16-51-40(47)48)19-31(45)50-21-28(43)37-29(52-33(2,3)53-37)18-25-24-12-11-22-17-23(41)13-14-34(22,4)36(24,38)27(42)20-35(25,37)5/h6,13-14,17,24-27,29,42,47-48H,1,7-12,15-16,18-21H2,2-5H3,(H,39,44)/t24-,25-,26?,27-,29+,34-,35-,36-,37+/m0/s1. The van der Waals surface area contributed by atoms with Gasteiger partial charge in [-0.15, -0.1) is 0 Å². The molecule has 1 amide bonds. The van der Waals surface area contributed by atoms with Gasteiger partial charge in [0.1, 0.15) is 12.6 Å². The van der Waals surface area contributed by atoms with Crippen molar-refractivity contribution in [1.82, 2.24) is 10.7 Å². The minimum absolute atomic E-state index is 0.00260. The van der Waals surface area contributed by atoms with E-state index in [1.807, 2.05) is 0 Å². The molecular weight excluding hydrogens is 699 g/mol. The molecule has 3 saturated carbocycles. The third kappa shape index (κ3) is 7.39. The first-order valence-corrected chi connectivity index (χ1v) is 18.1. The Hall–Kier alpha value is -3.38. The minimum atomic E-state index is -2.14. The van der Waals surface area contributed by atoms with Crippen molar-refractivity contribution in [2.75, 3.05) is 19.8 Å². The number of ketones is 2. The van der Waals surface area contributed by atoms with Crippen molar-refractivity contribution in [2.45, 2.75) is 121 Å². The van der Waals surface area contributed by atoms with E-state index in [4.69, 9.17) is 29.4 Å². The highest BCUT2D eigenvalue weighted by Crippen LogP contribution is 2.72. The summed E-state index contributed by atoms with van der Waals surface area (Å²) >= 11 is 0. The molecule has 4 N–H and O–H groups in total. The molecule has 294 valence electrons. The van der Waals surface area contributed by atoms with Crippen LogP contribution in [0.25, 0.3) is 0 Å². The van der Waals surface area contributed by atoms with Crippen LogP contribution < -0.4 is 5.32 Å². The van der Waals surface area contributed by atoms with Crippen molar-refractivity contribution in [3.05, 3.63) is 36.5 Å². The number of ether oxygens (including phenoxy) is 4. The molecule has 0 radical (unpaired) electrons. The third-order valence-electron chi connectivity index (χ3n) is 12.0. The molecular formula is C37H51FN2O13. The fourth-order valence-corrected chi connectivity index (χ4v) is 9.70. The number of allylic oxidation sites excluding steroid dienone is 4. The van der Waals surface area contributed by atoms with Crippen LogP contribution in [-0.4, -0.2) is 105 Å². The van der Waals surface area contributed by atoms with E-state index in [0.29, 0.717) is 37.7 Å². The number of carbonyl (C=O) groups excluding carboxylic acids is 5. The molecule has 0 aromatic carbocycles. The second-order valence-corrected chi connectivity index (χ2v) is 15.6. The molecule has 4 aliphatic carbocycles. The number of hydrogen-bond donors (Lipinski definition) is 4. The summed E-state index contributed by atoms with van der Waals surface area (Å²) < 4.78 is 41.0. The number of esters is 2. The molecule has 1 aliphatic heterocycles. The first kappa shape index (κ1) is 40.8. The molecule has 1 heterocycles. The molecule has 53 heavy (non-hydrogen) atoms. The van der Waals surface area contributed by atoms with Gasteiger partial charge >= 0.3 is 11.9 Å². The summed E-state index contributed by atoms with van der Waals surface area (Å²) in [6.07, 6.45) is 4.73. The highest BCUT2D eigenvalue weighted by Gasteiger charge is 2.80. The van der Waals surface area contributed by atoms with E-state index in [-0.39, 0.29) is 38.3 Å². The number of fused-ring (bicyclic) bond motifs is 7. The van der Waals surface area contributed by atoms with Gasteiger partial charge in [0.2, 0.25) is 11.7 Å². The zero-order valence-corrected chi connectivity index (χ0v) is 30.6. The van der Waals surface area contributed by atoms with Gasteiger partial charge in [0, 0.05) is 23.2 Å². The van der Waals surface area contributed by atoms with Crippen molar-refractivity contribution in [1.29, 1.82) is 0 Å². The topological polar surface area (TPSA) is 207 Å². The first-order chi connectivity index (χ1) is 24.8. The Kier molecular flexibility index (Phi) is 11.9. The first-order valence-electron chi connectivity index (χ1n) is 18.1. The molecule has 1 saturated heterocycles. The summed E-state index contributed by atoms with van der Waals surface area (Å²) in [5.74, 6) is -5.74. The van der Waals surface area contributed by atoms with Crippen LogP contribution in [0.3, 0.4) is 0 Å². The van der Waals surface area contributed by atoms with Gasteiger partial charge in [-0.05, 0) is 77.4 Å². The Labute approximate surface area is 307 Å². The number of aliphatic hydroxyl groups excluding tert-OH is 1. The molecule has 0 spiro atoms. The summed E-state index contributed by atoms with van der Waals surface area (Å²) in [6, 6.07) is -1.43. The SMILES string of the molecule is C=CCOC(=O)C(CC(=O)OCC(=O)[C@@]12OC(C)(C)O[C@@H]1C[C@H]1[C@@H]3CCC4=CC(=O)C=C[C@]4(C)[C@@]3(F)[C@@H](O)C[C@@]12C)NC(=O)CCCCCON(O)O. The van der Waals surface area contributed by atoms with E-state index in [1.54, 1.807) is 33.8 Å². The lowest BCUT2D eigenvalue weighted by molar-refractivity contribution is -0.492. The van der Waals surface area contributed by atoms with Crippen molar-refractivity contribution in [2.24, 2.45) is 22.7 Å². The third-order valence-corrected chi connectivity index (χ3v) is 12.0. The molecule has 0 aromatic rings. The summed E-state index contributed by atoms with van der Waals surface area (Å²) in [7, 11) is 0. The number of hydrogen-bond acceptors (Lipinski definition) is 14. The Morgan fingerprint density at radius 3 is 2.57 bits per heavy atom. The van der Waals surface area contributed by atoms with E-state index in [9.17, 15) is 29.1 Å². The minimum Gasteiger partial charge on any atom is -0.460 e. The normalized spacial score (nSPS) is 35.6. The van der Waals surface area contributed by atoms with Crippen molar-refractivity contribution < 1.29 is 67.7 Å². The van der Waals surface area contributed by atoms with Crippen LogP contribution in [0.4, 0.5) is 4.39 Å². The van der Waals surface area contributed by atoms with Crippen molar-refractivity contribution >= 4 is 29.4 Å². The van der Waals surface area contributed by atoms with Gasteiger partial charge < -0.3 is 29.4 Å². The molecule has 0 aromatic heterocycles. The molecule has 4 fully saturated rings. The maximum absolute atomic E-state index is 17.7. The summed E-state index contributed by atoms with van der Waals surface area (Å²) in [4.78, 5) is 69.7. The Bertz CT molecular complexity index is 1550. The number of halogens is 1. The van der Waals surface area contributed by atoms with Crippen LogP contribution in [0, 0.1) is 22.7 Å². The van der Waals surface area contributed by atoms with Gasteiger partial charge in [0.15, 0.2) is 29.4 Å². The van der Waals surface area contributed by atoms with E-state index >= 15 is 4.39 Å². The fourth-order valence-electron chi connectivity index (χ4n) is 9.70. The van der Waals surface area contributed by atoms with Gasteiger partial charge in [0.05, 0.1) is 30.6 Å². The average Bonchev–Trinajstić information content (AvgIpc) is 3.49. The van der Waals surface area contributed by atoms with Crippen LogP contribution in [0.15, 0.2) is 36.5 Å². The van der Waals surface area contributed by atoms with Crippen LogP contribution >= 0.6 is 0 Å². The lowest BCUT2D eigenvalue weighted by atomic mass is 9.44. The predicted molar refractivity (Wildman–Crippen MR) is 180 cm³/mol. The number of rotatable bonds is 16. The molecule has 9 atom stereocenters. The number of Topliss-reactive ketones (excluding diaryl/α,β-unsaturated/α-hetero) is 1. The zero-order valence-electron chi connectivity index (χ0n) is 30.6. The number of amides is 1. The molecule has 1 unspecified atom stereocenters. The smallest absolute Gasteiger partial charge is 0.329 e. The maximum atomic E-state index is 17.7. The number of aliphatic hydroxyl groups is 1. The molecule has 15 nitrogen and oxygen atoms in total. The summed E-state index contributed by atoms with van der Waals surface area (Å²) in [6.45, 7) is 9.33. The Balaban J connectivity index is 1.29. The second kappa shape index (κ2) is 15.4. The van der Waals surface area contributed by atoms with Crippen LogP contribution in [0.2, 0.25) is 0 Å². The van der Waals surface area contributed by atoms with Crippen LogP contribution in [0.1, 0.15) is 85.5 Å². The van der Waals surface area contributed by atoms with Crippen LogP contribution in [-0.2, 0) is 47.8 Å². The largest absolute Gasteiger partial charge is 0.460 e. The van der Waals surface area contributed by atoms with E-state index in [1.165, 1.54) is 18.2 Å². The average molecular weight is 751 g/mol. The van der Waals surface area contributed by atoms with Gasteiger partial charge in [-0.3, -0.25) is 34.4 Å². The van der Waals surface area contributed by atoms with Crippen molar-refractivity contribution in [3.8, 4) is 0 Å². The van der Waals surface area contributed by atoms with Gasteiger partial charge in [-0.2, -0.15) is 0 Å². The number of nitrogens with zero attached hydrogens (tertiary/aromatic N) is 1. The molecule has 5 aliphatic rings. The predicted octanol–water partition coefficient (Wildman–Crippen LogP) is 3.15. The van der Waals surface area contributed by atoms with E-state index in [0.717, 1.165) is 0 Å².